The number of aromatic hydroxyl groups is 1. The van der Waals surface area contributed by atoms with Gasteiger partial charge in [0.25, 0.3) is 12.4 Å². The van der Waals surface area contributed by atoms with Gasteiger partial charge in [-0.1, -0.05) is 69.3 Å². The number of carboxylic acid groups (broad SMARTS) is 1. The average molecular weight is 915 g/mol. The first-order valence-electron chi connectivity index (χ1n) is 22.3. The molecule has 65 heavy (non-hydrogen) atoms. The fraction of sp³-hybridized carbons (Fsp3) is 0.490. The van der Waals surface area contributed by atoms with Crippen molar-refractivity contribution in [1.29, 1.82) is 0 Å². The second-order valence-electron chi connectivity index (χ2n) is 19.4. The van der Waals surface area contributed by atoms with Crippen LogP contribution in [0, 0.1) is 5.92 Å². The van der Waals surface area contributed by atoms with Crippen molar-refractivity contribution in [3.05, 3.63) is 111 Å². The molecule has 3 unspecified atom stereocenters. The lowest BCUT2D eigenvalue weighted by Gasteiger charge is -2.44. The van der Waals surface area contributed by atoms with Crippen molar-refractivity contribution in [2.24, 2.45) is 5.92 Å². The van der Waals surface area contributed by atoms with Crippen LogP contribution in [0.2, 0.25) is 18.1 Å². The fourth-order valence-electron chi connectivity index (χ4n) is 8.02. The molecule has 0 aliphatic carbocycles. The Morgan fingerprint density at radius 3 is 2.22 bits per heavy atom. The van der Waals surface area contributed by atoms with E-state index in [1.807, 2.05) is 26.8 Å². The number of amides is 2. The number of H-pyrrole nitrogens is 1. The number of piperidine rings is 3. The molecule has 3 fully saturated rings. The van der Waals surface area contributed by atoms with Crippen LogP contribution in [0.3, 0.4) is 0 Å². The minimum atomic E-state index is -2.46. The molecule has 3 saturated heterocycles. The van der Waals surface area contributed by atoms with E-state index in [1.165, 1.54) is 18.2 Å². The average Bonchev–Trinajstić information content (AvgIpc) is 3.25. The third-order valence-electron chi connectivity index (χ3n) is 12.6. The zero-order chi connectivity index (χ0) is 47.7. The molecule has 7 rings (SSSR count). The third-order valence-corrected chi connectivity index (χ3v) is 17.0. The highest BCUT2D eigenvalue weighted by Gasteiger charge is 2.46. The predicted molar refractivity (Wildman–Crippen MR) is 250 cm³/mol. The van der Waals surface area contributed by atoms with Gasteiger partial charge in [-0.05, 0) is 119 Å². The summed E-state index contributed by atoms with van der Waals surface area (Å²) in [6.07, 6.45) is 1.46. The van der Waals surface area contributed by atoms with Crippen molar-refractivity contribution in [3.63, 3.8) is 0 Å². The van der Waals surface area contributed by atoms with Crippen LogP contribution in [-0.4, -0.2) is 114 Å². The Morgan fingerprint density at radius 2 is 1.60 bits per heavy atom. The highest BCUT2D eigenvalue weighted by Crippen LogP contribution is 2.42. The zero-order valence-electron chi connectivity index (χ0n) is 38.9. The molecule has 4 heterocycles. The van der Waals surface area contributed by atoms with Crippen LogP contribution in [0.15, 0.2) is 83.7 Å². The first-order chi connectivity index (χ1) is 30.6. The Kier molecular flexibility index (Phi) is 16.4. The zero-order valence-corrected chi connectivity index (χ0v) is 39.9. The molecule has 0 saturated carbocycles. The van der Waals surface area contributed by atoms with Crippen molar-refractivity contribution in [2.45, 2.75) is 109 Å². The number of fused-ring (bicyclic) bond motifs is 4. The summed E-state index contributed by atoms with van der Waals surface area (Å²) in [6, 6.07) is 21.5. The topological polar surface area (TPSA) is 208 Å². The molecule has 15 nitrogen and oxygen atoms in total. The number of carbonyl (C=O) groups is 4. The van der Waals surface area contributed by atoms with Gasteiger partial charge in [-0.3, -0.25) is 19.3 Å². The van der Waals surface area contributed by atoms with Gasteiger partial charge in [-0.15, -0.1) is 0 Å². The highest BCUT2D eigenvalue weighted by atomic mass is 28.4. The second-order valence-corrected chi connectivity index (χ2v) is 24.1. The standard InChI is InChI=1S/C48H64N4O9Si.CH2O2/c1-46(2,3)60-45(57)52(31-40(61-62(7,8)47(4,5)6)36-19-21-38(53)42-37(36)20-22-41(54)50-42)26-13-12-25-49-43(55)33-15-14-18-35(29-33)48(58,34-16-10-9-11-17-34)44(56)59-39-30-51-27-23-32(39)24-28-51;2-1-3/h9-11,14-22,29,32,39-40,53,58H,12-13,23-28,30-31H2,1-8H3,(H,49,55)(H,50,54);1H,(H,2,3). The van der Waals surface area contributed by atoms with Gasteiger partial charge in [-0.2, -0.15) is 0 Å². The van der Waals surface area contributed by atoms with Gasteiger partial charge in [0.05, 0.1) is 18.2 Å². The van der Waals surface area contributed by atoms with E-state index in [4.69, 9.17) is 23.8 Å². The Bertz CT molecular complexity index is 2330. The first kappa shape index (κ1) is 50.4. The van der Waals surface area contributed by atoms with Gasteiger partial charge in [-0.25, -0.2) is 9.59 Å². The summed E-state index contributed by atoms with van der Waals surface area (Å²) in [5.74, 6) is -0.960. The molecule has 0 radical (unpaired) electrons. The summed E-state index contributed by atoms with van der Waals surface area (Å²) in [5, 5.41) is 33.2. The summed E-state index contributed by atoms with van der Waals surface area (Å²) in [7, 11) is -2.46. The van der Waals surface area contributed by atoms with E-state index in [0.29, 0.717) is 35.9 Å². The maximum atomic E-state index is 14.0. The highest BCUT2D eigenvalue weighted by molar-refractivity contribution is 6.74. The van der Waals surface area contributed by atoms with Crippen LogP contribution >= 0.6 is 0 Å². The summed E-state index contributed by atoms with van der Waals surface area (Å²) in [6.45, 7) is 19.2. The number of aliphatic hydroxyl groups is 1. The van der Waals surface area contributed by atoms with Crippen LogP contribution in [0.25, 0.3) is 10.9 Å². The van der Waals surface area contributed by atoms with Gasteiger partial charge < -0.3 is 44.4 Å². The number of ether oxygens (including phenoxy) is 2. The van der Waals surface area contributed by atoms with Gasteiger partial charge in [0.15, 0.2) is 8.32 Å². The van der Waals surface area contributed by atoms with E-state index in [1.54, 1.807) is 59.5 Å². The van der Waals surface area contributed by atoms with Crippen molar-refractivity contribution in [3.8, 4) is 5.75 Å². The number of nitrogens with one attached hydrogen (secondary N) is 2. The maximum absolute atomic E-state index is 14.0. The molecule has 5 N–H and O–H groups in total. The third kappa shape index (κ3) is 12.6. The lowest BCUT2D eigenvalue weighted by molar-refractivity contribution is -0.177. The van der Waals surface area contributed by atoms with Gasteiger partial charge >= 0.3 is 12.1 Å². The number of carbonyl (C=O) groups excluding carboxylic acids is 3. The molecular formula is C49H66N4O11Si. The Morgan fingerprint density at radius 1 is 0.938 bits per heavy atom. The van der Waals surface area contributed by atoms with Crippen LogP contribution in [0.1, 0.15) is 100 Å². The Labute approximate surface area is 382 Å². The molecule has 16 heteroatoms. The molecule has 3 aliphatic rings. The van der Waals surface area contributed by atoms with Crippen LogP contribution in [0.4, 0.5) is 4.79 Å². The number of unbranched alkanes of at least 4 members (excludes halogenated alkanes) is 1. The number of esters is 1. The largest absolute Gasteiger partial charge is 0.506 e. The number of phenols is 1. The lowest BCUT2D eigenvalue weighted by atomic mass is 9.84. The lowest BCUT2D eigenvalue weighted by Crippen LogP contribution is -2.53. The normalized spacial score (nSPS) is 18.6. The van der Waals surface area contributed by atoms with Crippen molar-refractivity contribution in [1.82, 2.24) is 20.1 Å². The number of benzene rings is 3. The number of rotatable bonds is 15. The number of hydrogen-bond acceptors (Lipinski definition) is 11. The number of aromatic nitrogens is 1. The number of pyridine rings is 1. The summed E-state index contributed by atoms with van der Waals surface area (Å²) in [5.41, 5.74) is -1.39. The molecule has 0 spiro atoms. The number of phenolic OH excluding ortho intramolecular Hbond substituents is 1. The SMILES string of the molecule is CC(C)(C)OC(=O)N(CCCCNC(=O)c1cccc(C(O)(C(=O)OC2CN3CCC2CC3)c2ccccc2)c1)CC(O[Si](C)(C)C(C)(C)C)c1ccc(O)c2[nH]c(=O)ccc12.O=CO. The first-order valence-corrected chi connectivity index (χ1v) is 25.2. The minimum Gasteiger partial charge on any atom is -0.506 e. The predicted octanol–water partition coefficient (Wildman–Crippen LogP) is 7.32. The van der Waals surface area contributed by atoms with E-state index in [-0.39, 0.29) is 77.0 Å². The monoisotopic (exact) mass is 914 g/mol. The minimum absolute atomic E-state index is 0.0700. The van der Waals surface area contributed by atoms with E-state index < -0.39 is 37.7 Å². The summed E-state index contributed by atoms with van der Waals surface area (Å²) in [4.78, 5) is 68.8. The van der Waals surface area contributed by atoms with Gasteiger partial charge in [0, 0.05) is 42.2 Å². The molecule has 1 aromatic heterocycles. The second kappa shape index (κ2) is 21.2. The van der Waals surface area contributed by atoms with E-state index in [9.17, 15) is 29.4 Å². The molecule has 352 valence electrons. The van der Waals surface area contributed by atoms with Gasteiger partial charge in [0.2, 0.25) is 11.2 Å². The van der Waals surface area contributed by atoms with Crippen molar-refractivity contribution >= 4 is 43.7 Å². The molecular weight excluding hydrogens is 849 g/mol. The Balaban J connectivity index is 0.00000257. The van der Waals surface area contributed by atoms with Crippen LogP contribution in [-0.2, 0) is 29.1 Å². The summed E-state index contributed by atoms with van der Waals surface area (Å²) >= 11 is 0. The molecule has 3 aliphatic heterocycles. The molecule has 4 aromatic rings. The number of hydrogen-bond donors (Lipinski definition) is 5. The van der Waals surface area contributed by atoms with Crippen molar-refractivity contribution < 1.29 is 48.4 Å². The quantitative estimate of drug-likeness (QED) is 0.0344. The molecule has 2 amide bonds. The van der Waals surface area contributed by atoms with E-state index >= 15 is 0 Å². The van der Waals surface area contributed by atoms with Crippen molar-refractivity contribution in [2.75, 3.05) is 39.3 Å². The van der Waals surface area contributed by atoms with Crippen LogP contribution in [0.5, 0.6) is 5.75 Å². The smallest absolute Gasteiger partial charge is 0.410 e. The summed E-state index contributed by atoms with van der Waals surface area (Å²) < 4.78 is 19.0. The molecule has 3 atom stereocenters. The molecule has 2 bridgehead atoms. The van der Waals surface area contributed by atoms with E-state index in [2.05, 4.69) is 49.1 Å². The van der Waals surface area contributed by atoms with E-state index in [0.717, 1.165) is 25.9 Å². The van der Waals surface area contributed by atoms with Crippen LogP contribution < -0.4 is 10.9 Å². The number of nitrogens with zero attached hydrogens (tertiary/aromatic N) is 2. The Hall–Kier alpha value is -5.55. The number of aromatic amines is 1. The maximum Gasteiger partial charge on any atom is 0.410 e. The fourth-order valence-corrected chi connectivity index (χ4v) is 9.29. The molecule has 3 aromatic carbocycles. The van der Waals surface area contributed by atoms with Gasteiger partial charge in [0.1, 0.15) is 17.5 Å².